The molecule has 16 heavy (non-hydrogen) atoms. The van der Waals surface area contributed by atoms with Gasteiger partial charge in [-0.25, -0.2) is 0 Å². The molecule has 4 nitrogen and oxygen atoms in total. The van der Waals surface area contributed by atoms with Gasteiger partial charge in [0.15, 0.2) is 0 Å². The van der Waals surface area contributed by atoms with Crippen LogP contribution in [-0.2, 0) is 6.42 Å². The topological polar surface area (TPSA) is 63.8 Å². The van der Waals surface area contributed by atoms with Crippen LogP contribution in [-0.4, -0.2) is 16.5 Å². The molecule has 4 heteroatoms. The van der Waals surface area contributed by atoms with Crippen LogP contribution in [0.5, 0.6) is 0 Å². The minimum absolute atomic E-state index is 0.675. The van der Waals surface area contributed by atoms with Crippen molar-refractivity contribution in [2.24, 2.45) is 0 Å². The minimum Gasteiger partial charge on any atom is -0.397 e. The number of hydrogen-bond acceptors (Lipinski definition) is 4. The van der Waals surface area contributed by atoms with Gasteiger partial charge >= 0.3 is 0 Å². The Morgan fingerprint density at radius 2 is 1.94 bits per heavy atom. The standard InChI is InChI=1S/C12H14N4/c13-11-7-12(9-15-8-11)16-6-3-10-1-4-14-5-2-10/h1-2,4-5,7-9,16H,3,6,13H2. The second kappa shape index (κ2) is 5.11. The fraction of sp³-hybridized carbons (Fsp3) is 0.167. The summed E-state index contributed by atoms with van der Waals surface area (Å²) >= 11 is 0. The van der Waals surface area contributed by atoms with Crippen molar-refractivity contribution in [1.82, 2.24) is 9.97 Å². The Bertz CT molecular complexity index is 442. The van der Waals surface area contributed by atoms with Crippen molar-refractivity contribution < 1.29 is 0 Å². The van der Waals surface area contributed by atoms with Gasteiger partial charge in [-0.05, 0) is 30.2 Å². The molecule has 0 aromatic carbocycles. The maximum Gasteiger partial charge on any atom is 0.0547 e. The first-order chi connectivity index (χ1) is 7.84. The minimum atomic E-state index is 0.675. The summed E-state index contributed by atoms with van der Waals surface area (Å²) in [7, 11) is 0. The van der Waals surface area contributed by atoms with Crippen LogP contribution in [0.4, 0.5) is 11.4 Å². The normalized spacial score (nSPS) is 10.0. The van der Waals surface area contributed by atoms with Gasteiger partial charge in [0, 0.05) is 25.1 Å². The molecule has 82 valence electrons. The number of nitrogens with one attached hydrogen (secondary N) is 1. The van der Waals surface area contributed by atoms with E-state index in [-0.39, 0.29) is 0 Å². The zero-order valence-electron chi connectivity index (χ0n) is 8.93. The van der Waals surface area contributed by atoms with Crippen LogP contribution in [0.2, 0.25) is 0 Å². The van der Waals surface area contributed by atoms with Crippen LogP contribution in [0.25, 0.3) is 0 Å². The Morgan fingerprint density at radius 1 is 1.12 bits per heavy atom. The van der Waals surface area contributed by atoms with Gasteiger partial charge in [-0.15, -0.1) is 0 Å². The smallest absolute Gasteiger partial charge is 0.0547 e. The van der Waals surface area contributed by atoms with E-state index in [1.54, 1.807) is 24.8 Å². The van der Waals surface area contributed by atoms with Gasteiger partial charge in [0.05, 0.1) is 17.6 Å². The predicted octanol–water partition coefficient (Wildman–Crippen LogP) is 1.71. The maximum atomic E-state index is 5.63. The lowest BCUT2D eigenvalue weighted by Crippen LogP contribution is -2.05. The summed E-state index contributed by atoms with van der Waals surface area (Å²) < 4.78 is 0. The lowest BCUT2D eigenvalue weighted by molar-refractivity contribution is 1.01. The number of pyridine rings is 2. The van der Waals surface area contributed by atoms with E-state index in [0.717, 1.165) is 18.7 Å². The number of rotatable bonds is 4. The van der Waals surface area contributed by atoms with Crippen molar-refractivity contribution in [3.63, 3.8) is 0 Å². The number of nitrogens with zero attached hydrogens (tertiary/aromatic N) is 2. The van der Waals surface area contributed by atoms with E-state index in [1.807, 2.05) is 18.2 Å². The molecule has 2 aromatic rings. The van der Waals surface area contributed by atoms with Gasteiger partial charge in [0.25, 0.3) is 0 Å². The Kier molecular flexibility index (Phi) is 3.33. The van der Waals surface area contributed by atoms with Crippen LogP contribution in [0.1, 0.15) is 5.56 Å². The van der Waals surface area contributed by atoms with Crippen molar-refractivity contribution >= 4 is 11.4 Å². The van der Waals surface area contributed by atoms with Crippen molar-refractivity contribution in [3.8, 4) is 0 Å². The Balaban J connectivity index is 1.85. The molecule has 0 aliphatic carbocycles. The van der Waals surface area contributed by atoms with Gasteiger partial charge in [-0.2, -0.15) is 0 Å². The van der Waals surface area contributed by atoms with E-state index < -0.39 is 0 Å². The predicted molar refractivity (Wildman–Crippen MR) is 65.1 cm³/mol. The molecule has 0 saturated carbocycles. The van der Waals surface area contributed by atoms with Crippen molar-refractivity contribution in [2.75, 3.05) is 17.6 Å². The zero-order chi connectivity index (χ0) is 11.2. The molecule has 0 aliphatic rings. The molecule has 0 aliphatic heterocycles. The van der Waals surface area contributed by atoms with E-state index in [9.17, 15) is 0 Å². The van der Waals surface area contributed by atoms with Gasteiger partial charge in [-0.3, -0.25) is 9.97 Å². The molecule has 0 bridgehead atoms. The molecule has 2 aromatic heterocycles. The van der Waals surface area contributed by atoms with Crippen molar-refractivity contribution in [3.05, 3.63) is 48.5 Å². The molecule has 0 saturated heterocycles. The van der Waals surface area contributed by atoms with Crippen LogP contribution in [0.15, 0.2) is 43.0 Å². The monoisotopic (exact) mass is 214 g/mol. The molecular weight excluding hydrogens is 200 g/mol. The number of nitrogens with two attached hydrogens (primary N) is 1. The average Bonchev–Trinajstić information content (AvgIpc) is 2.30. The highest BCUT2D eigenvalue weighted by atomic mass is 14.9. The summed E-state index contributed by atoms with van der Waals surface area (Å²) in [5.74, 6) is 0. The summed E-state index contributed by atoms with van der Waals surface area (Å²) in [6, 6.07) is 5.90. The third kappa shape index (κ3) is 2.95. The molecule has 0 spiro atoms. The first kappa shape index (κ1) is 10.4. The molecule has 0 unspecified atom stereocenters. The highest BCUT2D eigenvalue weighted by molar-refractivity contribution is 5.51. The highest BCUT2D eigenvalue weighted by Gasteiger charge is 1.94. The first-order valence-corrected chi connectivity index (χ1v) is 5.18. The van der Waals surface area contributed by atoms with E-state index in [0.29, 0.717) is 5.69 Å². The Morgan fingerprint density at radius 3 is 2.69 bits per heavy atom. The van der Waals surface area contributed by atoms with Crippen LogP contribution in [0, 0.1) is 0 Å². The number of anilines is 2. The summed E-state index contributed by atoms with van der Waals surface area (Å²) in [6.45, 7) is 0.856. The van der Waals surface area contributed by atoms with E-state index in [4.69, 9.17) is 5.73 Å². The largest absolute Gasteiger partial charge is 0.397 e. The Hall–Kier alpha value is -2.10. The summed E-state index contributed by atoms with van der Waals surface area (Å²) in [5, 5.41) is 3.27. The lowest BCUT2D eigenvalue weighted by Gasteiger charge is -2.06. The van der Waals surface area contributed by atoms with E-state index in [2.05, 4.69) is 15.3 Å². The SMILES string of the molecule is Nc1cncc(NCCc2ccncc2)c1. The van der Waals surface area contributed by atoms with Crippen LogP contribution >= 0.6 is 0 Å². The molecule has 0 radical (unpaired) electrons. The molecule has 2 heterocycles. The van der Waals surface area contributed by atoms with Crippen molar-refractivity contribution in [1.29, 1.82) is 0 Å². The van der Waals surface area contributed by atoms with Gasteiger partial charge < -0.3 is 11.1 Å². The lowest BCUT2D eigenvalue weighted by atomic mass is 10.2. The summed E-state index contributed by atoms with van der Waals surface area (Å²) in [4.78, 5) is 7.99. The summed E-state index contributed by atoms with van der Waals surface area (Å²) in [5.41, 5.74) is 8.52. The number of hydrogen-bond donors (Lipinski definition) is 2. The number of aromatic nitrogens is 2. The molecule has 0 amide bonds. The number of nitrogen functional groups attached to an aromatic ring is 1. The first-order valence-electron chi connectivity index (χ1n) is 5.18. The third-order valence-corrected chi connectivity index (χ3v) is 2.25. The fourth-order valence-corrected chi connectivity index (χ4v) is 1.46. The molecular formula is C12H14N4. The van der Waals surface area contributed by atoms with E-state index >= 15 is 0 Å². The van der Waals surface area contributed by atoms with Crippen LogP contribution < -0.4 is 11.1 Å². The molecule has 0 fully saturated rings. The second-order valence-corrected chi connectivity index (χ2v) is 3.54. The molecule has 2 rings (SSSR count). The van der Waals surface area contributed by atoms with E-state index in [1.165, 1.54) is 5.56 Å². The molecule has 3 N–H and O–H groups in total. The van der Waals surface area contributed by atoms with Gasteiger partial charge in [0.1, 0.15) is 0 Å². The van der Waals surface area contributed by atoms with Crippen LogP contribution in [0.3, 0.4) is 0 Å². The third-order valence-electron chi connectivity index (χ3n) is 2.25. The van der Waals surface area contributed by atoms with Gasteiger partial charge in [-0.1, -0.05) is 0 Å². The van der Waals surface area contributed by atoms with Gasteiger partial charge in [0.2, 0.25) is 0 Å². The average molecular weight is 214 g/mol. The van der Waals surface area contributed by atoms with Crippen molar-refractivity contribution in [2.45, 2.75) is 6.42 Å². The highest BCUT2D eigenvalue weighted by Crippen LogP contribution is 2.09. The zero-order valence-corrected chi connectivity index (χ0v) is 8.93. The molecule has 0 atom stereocenters. The fourth-order valence-electron chi connectivity index (χ4n) is 1.46. The summed E-state index contributed by atoms with van der Waals surface area (Å²) in [6.07, 6.45) is 7.96. The maximum absolute atomic E-state index is 5.63. The second-order valence-electron chi connectivity index (χ2n) is 3.54. The quantitative estimate of drug-likeness (QED) is 0.813. The Labute approximate surface area is 94.5 Å².